The van der Waals surface area contributed by atoms with Gasteiger partial charge in [0.05, 0.1) is 7.11 Å². The van der Waals surface area contributed by atoms with E-state index in [2.05, 4.69) is 12.1 Å². The molecule has 0 saturated carbocycles. The van der Waals surface area contributed by atoms with Crippen molar-refractivity contribution in [3.8, 4) is 5.75 Å². The minimum absolute atomic E-state index is 0.866. The minimum Gasteiger partial charge on any atom is -0.496 e. The molecule has 1 aliphatic rings. The van der Waals surface area contributed by atoms with E-state index in [4.69, 9.17) is 4.74 Å². The Morgan fingerprint density at radius 1 is 1.36 bits per heavy atom. The Balaban J connectivity index is 2.41. The summed E-state index contributed by atoms with van der Waals surface area (Å²) in [6.45, 7) is 0. The molecule has 57 valence electrons. The summed E-state index contributed by atoms with van der Waals surface area (Å²) in [4.78, 5) is 0. The summed E-state index contributed by atoms with van der Waals surface area (Å²) in [5.41, 5.74) is 2.80. The first-order valence-electron chi connectivity index (χ1n) is 3.98. The molecule has 0 aromatic heterocycles. The van der Waals surface area contributed by atoms with E-state index >= 15 is 0 Å². The van der Waals surface area contributed by atoms with Crippen molar-refractivity contribution in [2.75, 3.05) is 7.11 Å². The van der Waals surface area contributed by atoms with Gasteiger partial charge in [-0.3, -0.25) is 0 Å². The summed E-state index contributed by atoms with van der Waals surface area (Å²) in [6.07, 6.45) is 3.67. The number of hydrogen-bond donors (Lipinski definition) is 0. The van der Waals surface area contributed by atoms with Gasteiger partial charge in [0.1, 0.15) is 5.75 Å². The van der Waals surface area contributed by atoms with Crippen LogP contribution in [0.2, 0.25) is 0 Å². The van der Waals surface area contributed by atoms with Crippen LogP contribution in [0.15, 0.2) is 12.1 Å². The van der Waals surface area contributed by atoms with E-state index < -0.39 is 0 Å². The van der Waals surface area contributed by atoms with Gasteiger partial charge in [-0.1, -0.05) is 6.07 Å². The third-order valence-electron chi connectivity index (χ3n) is 2.19. The summed E-state index contributed by atoms with van der Waals surface area (Å²) < 4.78 is 5.08. The van der Waals surface area contributed by atoms with E-state index in [1.54, 1.807) is 7.11 Å². The van der Waals surface area contributed by atoms with Crippen molar-refractivity contribution >= 4 is 0 Å². The molecule has 11 heavy (non-hydrogen) atoms. The smallest absolute Gasteiger partial charge is 0.127 e. The number of rotatable bonds is 1. The molecule has 0 heterocycles. The molecule has 0 amide bonds. The van der Waals surface area contributed by atoms with E-state index in [1.165, 1.54) is 30.4 Å². The van der Waals surface area contributed by atoms with Crippen molar-refractivity contribution in [3.05, 3.63) is 29.3 Å². The third-order valence-corrected chi connectivity index (χ3v) is 2.19. The highest BCUT2D eigenvalue weighted by molar-refractivity contribution is 5.36. The second-order valence-corrected chi connectivity index (χ2v) is 2.88. The summed E-state index contributed by atoms with van der Waals surface area (Å²) in [5, 5.41) is 0. The molecule has 1 heteroatoms. The van der Waals surface area contributed by atoms with E-state index in [-0.39, 0.29) is 0 Å². The normalized spacial score (nSPS) is 14.6. The highest BCUT2D eigenvalue weighted by atomic mass is 16.5. The van der Waals surface area contributed by atoms with Crippen LogP contribution in [-0.4, -0.2) is 7.11 Å². The van der Waals surface area contributed by atoms with Gasteiger partial charge >= 0.3 is 0 Å². The van der Waals surface area contributed by atoms with Gasteiger partial charge < -0.3 is 4.74 Å². The monoisotopic (exact) mass is 147 g/mol. The maximum atomic E-state index is 5.08. The summed E-state index contributed by atoms with van der Waals surface area (Å²) in [6, 6.07) is 7.39. The average Bonchev–Trinajstić information content (AvgIpc) is 2.50. The maximum Gasteiger partial charge on any atom is 0.127 e. The molecule has 2 rings (SSSR count). The predicted molar refractivity (Wildman–Crippen MR) is 43.9 cm³/mol. The highest BCUT2D eigenvalue weighted by Gasteiger charge is 2.10. The SMILES string of the molecule is COc1[c]c2c(cc1)CCC2. The lowest BCUT2D eigenvalue weighted by molar-refractivity contribution is 0.413. The van der Waals surface area contributed by atoms with Gasteiger partial charge in [-0.05, 0) is 36.5 Å². The van der Waals surface area contributed by atoms with Crippen molar-refractivity contribution in [1.82, 2.24) is 0 Å². The number of fused-ring (bicyclic) bond motifs is 1. The van der Waals surface area contributed by atoms with Gasteiger partial charge in [-0.15, -0.1) is 0 Å². The second-order valence-electron chi connectivity index (χ2n) is 2.88. The summed E-state index contributed by atoms with van der Waals surface area (Å²) >= 11 is 0. The Bertz CT molecular complexity index is 266. The fraction of sp³-hybridized carbons (Fsp3) is 0.400. The first-order valence-corrected chi connectivity index (χ1v) is 3.98. The lowest BCUT2D eigenvalue weighted by atomic mass is 10.1. The van der Waals surface area contributed by atoms with Gasteiger partial charge in [0, 0.05) is 6.07 Å². The number of ether oxygens (including phenoxy) is 1. The van der Waals surface area contributed by atoms with Gasteiger partial charge in [-0.2, -0.15) is 0 Å². The summed E-state index contributed by atoms with van der Waals surface area (Å²) in [7, 11) is 1.69. The largest absolute Gasteiger partial charge is 0.496 e. The van der Waals surface area contributed by atoms with Crippen LogP contribution in [0.4, 0.5) is 0 Å². The topological polar surface area (TPSA) is 9.23 Å². The molecule has 0 fully saturated rings. The molecule has 1 aromatic carbocycles. The quantitative estimate of drug-likeness (QED) is 0.590. The molecule has 1 aliphatic carbocycles. The molecule has 0 bridgehead atoms. The Hall–Kier alpha value is -0.980. The zero-order valence-corrected chi connectivity index (χ0v) is 6.68. The van der Waals surface area contributed by atoms with Gasteiger partial charge in [0.2, 0.25) is 0 Å². The highest BCUT2D eigenvalue weighted by Crippen LogP contribution is 2.24. The summed E-state index contributed by atoms with van der Waals surface area (Å²) in [5.74, 6) is 0.866. The molecule has 0 atom stereocenters. The molecule has 1 radical (unpaired) electrons. The molecule has 0 N–H and O–H groups in total. The van der Waals surface area contributed by atoms with E-state index in [0.29, 0.717) is 0 Å². The Kier molecular flexibility index (Phi) is 1.57. The van der Waals surface area contributed by atoms with Crippen molar-refractivity contribution < 1.29 is 4.74 Å². The van der Waals surface area contributed by atoms with Crippen LogP contribution in [-0.2, 0) is 12.8 Å². The molecule has 1 nitrogen and oxygen atoms in total. The first-order chi connectivity index (χ1) is 5.40. The third kappa shape index (κ3) is 1.11. The fourth-order valence-corrected chi connectivity index (χ4v) is 1.58. The lowest BCUT2D eigenvalue weighted by Gasteiger charge is -2.01. The number of aryl methyl sites for hydroxylation is 2. The van der Waals surface area contributed by atoms with Crippen LogP contribution in [0.5, 0.6) is 5.75 Å². The van der Waals surface area contributed by atoms with Gasteiger partial charge in [0.25, 0.3) is 0 Å². The molecule has 1 aromatic rings. The molecular formula is C10H11O. The van der Waals surface area contributed by atoms with E-state index in [0.717, 1.165) is 5.75 Å². The van der Waals surface area contributed by atoms with Crippen LogP contribution in [0, 0.1) is 6.07 Å². The molecule has 0 unspecified atom stereocenters. The van der Waals surface area contributed by atoms with E-state index in [9.17, 15) is 0 Å². The number of hydrogen-bond acceptors (Lipinski definition) is 1. The Morgan fingerprint density at radius 3 is 3.09 bits per heavy atom. The van der Waals surface area contributed by atoms with Crippen LogP contribution in [0.1, 0.15) is 17.5 Å². The predicted octanol–water partition coefficient (Wildman–Crippen LogP) is 1.98. The zero-order valence-electron chi connectivity index (χ0n) is 6.68. The fourth-order valence-electron chi connectivity index (χ4n) is 1.58. The lowest BCUT2D eigenvalue weighted by Crippen LogP contribution is -1.86. The maximum absolute atomic E-state index is 5.08. The second kappa shape index (κ2) is 2.57. The van der Waals surface area contributed by atoms with Gasteiger partial charge in [-0.25, -0.2) is 0 Å². The van der Waals surface area contributed by atoms with Crippen LogP contribution in [0.25, 0.3) is 0 Å². The minimum atomic E-state index is 0.866. The Morgan fingerprint density at radius 2 is 2.27 bits per heavy atom. The zero-order chi connectivity index (χ0) is 7.68. The van der Waals surface area contributed by atoms with Crippen molar-refractivity contribution in [2.45, 2.75) is 19.3 Å². The van der Waals surface area contributed by atoms with Crippen molar-refractivity contribution in [1.29, 1.82) is 0 Å². The molecule has 0 aliphatic heterocycles. The van der Waals surface area contributed by atoms with Gasteiger partial charge in [0.15, 0.2) is 0 Å². The van der Waals surface area contributed by atoms with Crippen LogP contribution >= 0.6 is 0 Å². The molecular weight excluding hydrogens is 136 g/mol. The van der Waals surface area contributed by atoms with E-state index in [1.807, 2.05) is 6.07 Å². The first kappa shape index (κ1) is 6.71. The Labute approximate surface area is 67.0 Å². The molecule has 0 saturated heterocycles. The van der Waals surface area contributed by atoms with Crippen molar-refractivity contribution in [3.63, 3.8) is 0 Å². The number of benzene rings is 1. The van der Waals surface area contributed by atoms with Crippen LogP contribution < -0.4 is 4.74 Å². The molecule has 0 spiro atoms. The van der Waals surface area contributed by atoms with Crippen molar-refractivity contribution in [2.24, 2.45) is 0 Å². The average molecular weight is 147 g/mol. The number of methoxy groups -OCH3 is 1. The standard InChI is InChI=1S/C10H11O/c1-11-10-6-5-8-3-2-4-9(8)7-10/h5-6H,2-4H2,1H3. The van der Waals surface area contributed by atoms with Crippen LogP contribution in [0.3, 0.4) is 0 Å².